The summed E-state index contributed by atoms with van der Waals surface area (Å²) in [7, 11) is 0. The Morgan fingerprint density at radius 2 is 1.41 bits per heavy atom. The zero-order valence-corrected chi connectivity index (χ0v) is 14.8. The quantitative estimate of drug-likeness (QED) is 0.445. The molecule has 0 atom stereocenters. The number of aromatic carboxylic acids is 1. The normalized spacial score (nSPS) is 11.2. The number of hydrogen-bond acceptors (Lipinski definition) is 5. The van der Waals surface area contributed by atoms with E-state index in [1.54, 1.807) is 30.3 Å². The molecule has 138 valence electrons. The molecule has 0 amide bonds. The van der Waals surface area contributed by atoms with Gasteiger partial charge in [-0.05, 0) is 40.5 Å². The van der Waals surface area contributed by atoms with Crippen LogP contribution in [0.3, 0.4) is 0 Å². The largest absolute Gasteiger partial charge is 0.508 e. The summed E-state index contributed by atoms with van der Waals surface area (Å²) in [4.78, 5) is 11.9. The monoisotopic (exact) mass is 380 g/mol. The molecule has 0 aromatic heterocycles. The van der Waals surface area contributed by atoms with Crippen LogP contribution in [-0.4, -0.2) is 21.3 Å². The second kappa shape index (κ2) is 6.56. The number of aromatic hydroxyl groups is 2. The molecule has 0 saturated carbocycles. The minimum absolute atomic E-state index is 0.0332. The minimum atomic E-state index is -1.14. The van der Waals surface area contributed by atoms with Crippen molar-refractivity contribution in [3.8, 4) is 45.9 Å². The second-order valence-corrected chi connectivity index (χ2v) is 6.47. The van der Waals surface area contributed by atoms with Crippen LogP contribution in [0.2, 0.25) is 0 Å². The summed E-state index contributed by atoms with van der Waals surface area (Å²) in [6, 6.07) is 17.8. The van der Waals surface area contributed by atoms with E-state index in [1.807, 2.05) is 12.1 Å². The predicted octanol–water partition coefficient (Wildman–Crippen LogP) is 4.29. The van der Waals surface area contributed by atoms with E-state index in [1.165, 1.54) is 24.3 Å². The van der Waals surface area contributed by atoms with E-state index in [4.69, 9.17) is 0 Å². The molecule has 0 unspecified atom stereocenters. The molecule has 1 aliphatic rings. The van der Waals surface area contributed by atoms with Gasteiger partial charge >= 0.3 is 5.97 Å². The third-order valence-electron chi connectivity index (χ3n) is 4.84. The van der Waals surface area contributed by atoms with Crippen LogP contribution in [0.25, 0.3) is 27.8 Å². The molecule has 29 heavy (non-hydrogen) atoms. The molecule has 0 spiro atoms. The van der Waals surface area contributed by atoms with Crippen LogP contribution in [-0.2, 0) is 0 Å². The molecule has 0 bridgehead atoms. The van der Waals surface area contributed by atoms with E-state index in [9.17, 15) is 30.6 Å². The predicted molar refractivity (Wildman–Crippen MR) is 105 cm³/mol. The SMILES string of the molecule is N#CC(C#N)=C1c2ccccc2-c2c(C(=O)O)ccc(-c3cc(O)cc(O)c3)c21. The third-order valence-corrected chi connectivity index (χ3v) is 4.84. The number of carboxylic acids is 1. The lowest BCUT2D eigenvalue weighted by atomic mass is 9.89. The van der Waals surface area contributed by atoms with Gasteiger partial charge in [0.1, 0.15) is 29.2 Å². The van der Waals surface area contributed by atoms with E-state index >= 15 is 0 Å². The maximum absolute atomic E-state index is 11.9. The molecular weight excluding hydrogens is 368 g/mol. The standard InChI is InChI=1S/C23H12N2O4/c24-10-13(11-25)20-17-3-1-2-4-18(17)21-19(23(28)29)6-5-16(22(20)21)12-7-14(26)9-15(27)8-12/h1-9,26-27H,(H,28,29). The van der Waals surface area contributed by atoms with Crippen LogP contribution < -0.4 is 0 Å². The van der Waals surface area contributed by atoms with Gasteiger partial charge in [-0.3, -0.25) is 0 Å². The first kappa shape index (κ1) is 17.8. The number of benzene rings is 3. The average molecular weight is 380 g/mol. The van der Waals surface area contributed by atoms with Crippen molar-refractivity contribution >= 4 is 11.5 Å². The van der Waals surface area contributed by atoms with E-state index in [2.05, 4.69) is 0 Å². The molecule has 3 aromatic carbocycles. The molecular formula is C23H12N2O4. The van der Waals surface area contributed by atoms with Gasteiger partial charge < -0.3 is 15.3 Å². The summed E-state index contributed by atoms with van der Waals surface area (Å²) < 4.78 is 0. The highest BCUT2D eigenvalue weighted by Crippen LogP contribution is 2.51. The molecule has 0 fully saturated rings. The van der Waals surface area contributed by atoms with Crippen LogP contribution in [0.5, 0.6) is 11.5 Å². The number of hydrogen-bond donors (Lipinski definition) is 3. The minimum Gasteiger partial charge on any atom is -0.508 e. The van der Waals surface area contributed by atoms with Crippen molar-refractivity contribution in [1.82, 2.24) is 0 Å². The summed E-state index contributed by atoms with van der Waals surface area (Å²) in [6.07, 6.45) is 0. The lowest BCUT2D eigenvalue weighted by Gasteiger charge is -2.14. The number of nitrogens with zero attached hydrogens (tertiary/aromatic N) is 2. The van der Waals surface area contributed by atoms with Crippen LogP contribution in [0.4, 0.5) is 0 Å². The Bertz CT molecular complexity index is 1290. The van der Waals surface area contributed by atoms with Gasteiger partial charge in [0.15, 0.2) is 0 Å². The average Bonchev–Trinajstić information content (AvgIpc) is 3.03. The maximum atomic E-state index is 11.9. The van der Waals surface area contributed by atoms with Gasteiger partial charge in [-0.2, -0.15) is 10.5 Å². The number of nitriles is 2. The third kappa shape index (κ3) is 2.68. The molecule has 0 aliphatic heterocycles. The van der Waals surface area contributed by atoms with Gasteiger partial charge in [0.2, 0.25) is 0 Å². The Balaban J connectivity index is 2.22. The molecule has 3 N–H and O–H groups in total. The molecule has 6 heteroatoms. The van der Waals surface area contributed by atoms with Crippen molar-refractivity contribution in [3.63, 3.8) is 0 Å². The van der Waals surface area contributed by atoms with Crippen molar-refractivity contribution in [2.75, 3.05) is 0 Å². The first-order valence-electron chi connectivity index (χ1n) is 8.54. The fourth-order valence-corrected chi connectivity index (χ4v) is 3.76. The fraction of sp³-hybridized carbons (Fsp3) is 0. The van der Waals surface area contributed by atoms with Crippen molar-refractivity contribution in [1.29, 1.82) is 10.5 Å². The van der Waals surface area contributed by atoms with Gasteiger partial charge in [-0.1, -0.05) is 30.3 Å². The number of rotatable bonds is 2. The second-order valence-electron chi connectivity index (χ2n) is 6.47. The van der Waals surface area contributed by atoms with Crippen molar-refractivity contribution < 1.29 is 20.1 Å². The van der Waals surface area contributed by atoms with Gasteiger partial charge in [-0.15, -0.1) is 0 Å². The van der Waals surface area contributed by atoms with E-state index in [0.717, 1.165) is 0 Å². The molecule has 3 aromatic rings. The van der Waals surface area contributed by atoms with Crippen LogP contribution in [0.1, 0.15) is 21.5 Å². The molecule has 4 rings (SSSR count). The van der Waals surface area contributed by atoms with Crippen LogP contribution in [0, 0.1) is 22.7 Å². The Labute approximate surface area is 165 Å². The van der Waals surface area contributed by atoms with Crippen LogP contribution in [0.15, 0.2) is 60.2 Å². The number of phenols is 2. The highest BCUT2D eigenvalue weighted by molar-refractivity contribution is 6.13. The first-order valence-corrected chi connectivity index (χ1v) is 8.54. The number of carboxylic acid groups (broad SMARTS) is 1. The summed E-state index contributed by atoms with van der Waals surface area (Å²) in [5.74, 6) is -1.48. The Hall–Kier alpha value is -4.55. The molecule has 0 radical (unpaired) electrons. The molecule has 0 saturated heterocycles. The summed E-state index contributed by atoms with van der Waals surface area (Å²) in [6.45, 7) is 0. The fourth-order valence-electron chi connectivity index (χ4n) is 3.76. The summed E-state index contributed by atoms with van der Waals surface area (Å²) >= 11 is 0. The zero-order valence-electron chi connectivity index (χ0n) is 14.8. The molecule has 1 aliphatic carbocycles. The topological polar surface area (TPSA) is 125 Å². The van der Waals surface area contributed by atoms with Gasteiger partial charge in [-0.25, -0.2) is 4.79 Å². The number of fused-ring (bicyclic) bond motifs is 3. The Morgan fingerprint density at radius 1 is 0.793 bits per heavy atom. The van der Waals surface area contributed by atoms with Gasteiger partial charge in [0.05, 0.1) is 5.56 Å². The van der Waals surface area contributed by atoms with Crippen molar-refractivity contribution in [3.05, 3.63) is 76.9 Å². The highest BCUT2D eigenvalue weighted by atomic mass is 16.4. The summed E-state index contributed by atoms with van der Waals surface area (Å²) in [5, 5.41) is 48.6. The van der Waals surface area contributed by atoms with E-state index in [-0.39, 0.29) is 22.6 Å². The highest BCUT2D eigenvalue weighted by Gasteiger charge is 2.33. The van der Waals surface area contributed by atoms with E-state index < -0.39 is 5.97 Å². The lowest BCUT2D eigenvalue weighted by Crippen LogP contribution is -2.01. The Morgan fingerprint density at radius 3 is 2.00 bits per heavy atom. The lowest BCUT2D eigenvalue weighted by molar-refractivity contribution is 0.0697. The van der Waals surface area contributed by atoms with Gasteiger partial charge in [0, 0.05) is 22.8 Å². The maximum Gasteiger partial charge on any atom is 0.336 e. The van der Waals surface area contributed by atoms with Crippen molar-refractivity contribution in [2.24, 2.45) is 0 Å². The molecule has 6 nitrogen and oxygen atoms in total. The smallest absolute Gasteiger partial charge is 0.336 e. The number of phenolic OH excluding ortho intramolecular Hbond substituents is 2. The number of allylic oxidation sites excluding steroid dienone is 1. The van der Waals surface area contributed by atoms with Crippen molar-refractivity contribution in [2.45, 2.75) is 0 Å². The zero-order chi connectivity index (χ0) is 20.7. The van der Waals surface area contributed by atoms with Crippen LogP contribution >= 0.6 is 0 Å². The molecule has 0 heterocycles. The number of carbonyl (C=O) groups is 1. The van der Waals surface area contributed by atoms with Gasteiger partial charge in [0.25, 0.3) is 0 Å². The first-order chi connectivity index (χ1) is 14.0. The van der Waals surface area contributed by atoms with E-state index in [0.29, 0.717) is 39.0 Å². The Kier molecular flexibility index (Phi) is 4.04. The summed E-state index contributed by atoms with van der Waals surface area (Å²) in [5.41, 5.74) is 3.13.